The lowest BCUT2D eigenvalue weighted by Crippen LogP contribution is -2.13. The molecule has 2 aromatic heterocycles. The van der Waals surface area contributed by atoms with E-state index in [1.165, 1.54) is 35.3 Å². The fourth-order valence-corrected chi connectivity index (χ4v) is 3.91. The highest BCUT2D eigenvalue weighted by atomic mass is 32.1. The van der Waals surface area contributed by atoms with Crippen LogP contribution in [0.4, 0.5) is 0 Å². The van der Waals surface area contributed by atoms with Gasteiger partial charge in [0.15, 0.2) is 0 Å². The van der Waals surface area contributed by atoms with Gasteiger partial charge in [-0.2, -0.15) is 5.10 Å². The number of benzene rings is 1. The van der Waals surface area contributed by atoms with Gasteiger partial charge in [-0.3, -0.25) is 5.10 Å². The molecule has 22 heavy (non-hydrogen) atoms. The summed E-state index contributed by atoms with van der Waals surface area (Å²) in [7, 11) is 0. The molecule has 0 atom stereocenters. The van der Waals surface area contributed by atoms with Gasteiger partial charge >= 0.3 is 0 Å². The SMILES string of the molecule is c1csc(-c2[nH]ncc2CNCc2ccc3c(c2)CCC3)c1. The summed E-state index contributed by atoms with van der Waals surface area (Å²) >= 11 is 1.74. The molecule has 1 aromatic carbocycles. The summed E-state index contributed by atoms with van der Waals surface area (Å²) in [5, 5.41) is 12.9. The zero-order valence-corrected chi connectivity index (χ0v) is 13.2. The van der Waals surface area contributed by atoms with Crippen LogP contribution in [0.15, 0.2) is 41.9 Å². The zero-order valence-electron chi connectivity index (χ0n) is 12.4. The van der Waals surface area contributed by atoms with Crippen molar-refractivity contribution in [2.45, 2.75) is 32.4 Å². The zero-order chi connectivity index (χ0) is 14.8. The van der Waals surface area contributed by atoms with Crippen LogP contribution in [0, 0.1) is 0 Å². The summed E-state index contributed by atoms with van der Waals surface area (Å²) in [5.74, 6) is 0. The Morgan fingerprint density at radius 3 is 3.00 bits per heavy atom. The standard InChI is InChI=1S/C18H19N3S/c1-3-14-7-6-13(9-15(14)4-1)10-19-11-16-12-20-21-18(16)17-5-2-8-22-17/h2,5-9,12,19H,1,3-4,10-11H2,(H,20,21). The van der Waals surface area contributed by atoms with Crippen LogP contribution in [0.5, 0.6) is 0 Å². The number of H-pyrrole nitrogens is 1. The summed E-state index contributed by atoms with van der Waals surface area (Å²) in [4.78, 5) is 1.24. The summed E-state index contributed by atoms with van der Waals surface area (Å²) in [6, 6.07) is 11.1. The predicted molar refractivity (Wildman–Crippen MR) is 90.9 cm³/mol. The Morgan fingerprint density at radius 2 is 2.09 bits per heavy atom. The molecular weight excluding hydrogens is 290 g/mol. The smallest absolute Gasteiger partial charge is 0.0794 e. The number of aromatic amines is 1. The van der Waals surface area contributed by atoms with Gasteiger partial charge in [-0.25, -0.2) is 0 Å². The van der Waals surface area contributed by atoms with E-state index in [0.29, 0.717) is 0 Å². The maximum atomic E-state index is 4.19. The molecule has 112 valence electrons. The minimum absolute atomic E-state index is 0.834. The van der Waals surface area contributed by atoms with Crippen molar-refractivity contribution in [2.24, 2.45) is 0 Å². The normalized spacial score (nSPS) is 13.5. The molecule has 2 N–H and O–H groups in total. The lowest BCUT2D eigenvalue weighted by molar-refractivity contribution is 0.694. The number of rotatable bonds is 5. The Morgan fingerprint density at radius 1 is 1.14 bits per heavy atom. The van der Waals surface area contributed by atoms with E-state index in [1.54, 1.807) is 22.5 Å². The maximum absolute atomic E-state index is 4.19. The van der Waals surface area contributed by atoms with Crippen LogP contribution in [0.25, 0.3) is 10.6 Å². The molecule has 4 rings (SSSR count). The van der Waals surface area contributed by atoms with Crippen LogP contribution in [0.2, 0.25) is 0 Å². The van der Waals surface area contributed by atoms with Gasteiger partial charge in [0.05, 0.1) is 16.8 Å². The van der Waals surface area contributed by atoms with Gasteiger partial charge in [0, 0.05) is 18.7 Å². The first-order valence-corrected chi connectivity index (χ1v) is 8.65. The number of thiophene rings is 1. The molecule has 0 radical (unpaired) electrons. The highest BCUT2D eigenvalue weighted by molar-refractivity contribution is 7.13. The third-order valence-corrected chi connectivity index (χ3v) is 5.18. The van der Waals surface area contributed by atoms with E-state index in [-0.39, 0.29) is 0 Å². The van der Waals surface area contributed by atoms with Crippen LogP contribution in [-0.4, -0.2) is 10.2 Å². The van der Waals surface area contributed by atoms with Crippen LogP contribution < -0.4 is 5.32 Å². The van der Waals surface area contributed by atoms with E-state index in [9.17, 15) is 0 Å². The average Bonchev–Trinajstić information content (AvgIpc) is 3.27. The van der Waals surface area contributed by atoms with Crippen molar-refractivity contribution in [2.75, 3.05) is 0 Å². The van der Waals surface area contributed by atoms with E-state index in [1.807, 2.05) is 6.20 Å². The Labute approximate surface area is 134 Å². The number of aromatic nitrogens is 2. The molecule has 4 heteroatoms. The molecule has 3 nitrogen and oxygen atoms in total. The summed E-state index contributed by atoms with van der Waals surface area (Å²) in [5.41, 5.74) is 6.82. The maximum Gasteiger partial charge on any atom is 0.0794 e. The molecule has 0 bridgehead atoms. The molecule has 0 amide bonds. The van der Waals surface area contributed by atoms with Crippen LogP contribution in [0.1, 0.15) is 28.7 Å². The number of nitrogens with zero attached hydrogens (tertiary/aromatic N) is 1. The molecule has 2 heterocycles. The molecule has 0 saturated carbocycles. The van der Waals surface area contributed by atoms with Crippen molar-refractivity contribution in [3.05, 3.63) is 64.2 Å². The molecule has 0 spiro atoms. The van der Waals surface area contributed by atoms with E-state index in [4.69, 9.17) is 0 Å². The van der Waals surface area contributed by atoms with Crippen molar-refractivity contribution in [3.63, 3.8) is 0 Å². The van der Waals surface area contributed by atoms with E-state index < -0.39 is 0 Å². The third kappa shape index (κ3) is 2.72. The molecule has 0 aliphatic heterocycles. The average molecular weight is 309 g/mol. The van der Waals surface area contributed by atoms with Gasteiger partial charge < -0.3 is 5.32 Å². The Hall–Kier alpha value is -1.91. The topological polar surface area (TPSA) is 40.7 Å². The quantitative estimate of drug-likeness (QED) is 0.750. The van der Waals surface area contributed by atoms with Crippen molar-refractivity contribution >= 4 is 11.3 Å². The number of hydrogen-bond acceptors (Lipinski definition) is 3. The monoisotopic (exact) mass is 309 g/mol. The molecular formula is C18H19N3S. The molecule has 1 aliphatic carbocycles. The van der Waals surface area contributed by atoms with Gasteiger partial charge in [0.1, 0.15) is 0 Å². The van der Waals surface area contributed by atoms with Crippen molar-refractivity contribution < 1.29 is 0 Å². The molecule has 0 unspecified atom stereocenters. The minimum atomic E-state index is 0.834. The molecule has 0 saturated heterocycles. The number of aryl methyl sites for hydroxylation is 2. The summed E-state index contributed by atoms with van der Waals surface area (Å²) in [6.45, 7) is 1.74. The second kappa shape index (κ2) is 6.07. The fourth-order valence-electron chi connectivity index (χ4n) is 3.16. The highest BCUT2D eigenvalue weighted by Gasteiger charge is 2.11. The van der Waals surface area contributed by atoms with Crippen LogP contribution in [-0.2, 0) is 25.9 Å². The molecule has 3 aromatic rings. The lowest BCUT2D eigenvalue weighted by Gasteiger charge is -2.07. The Bertz CT molecular complexity index is 758. The first-order chi connectivity index (χ1) is 10.9. The molecule has 0 fully saturated rings. The van der Waals surface area contributed by atoms with E-state index in [0.717, 1.165) is 18.8 Å². The Balaban J connectivity index is 1.41. The summed E-state index contributed by atoms with van der Waals surface area (Å²) in [6.07, 6.45) is 5.73. The van der Waals surface area contributed by atoms with Gasteiger partial charge in [-0.15, -0.1) is 11.3 Å². The fraction of sp³-hybridized carbons (Fsp3) is 0.278. The van der Waals surface area contributed by atoms with E-state index >= 15 is 0 Å². The number of fused-ring (bicyclic) bond motifs is 1. The van der Waals surface area contributed by atoms with E-state index in [2.05, 4.69) is 51.2 Å². The second-order valence-electron chi connectivity index (χ2n) is 5.81. The third-order valence-electron chi connectivity index (χ3n) is 4.29. The molecule has 1 aliphatic rings. The minimum Gasteiger partial charge on any atom is -0.308 e. The highest BCUT2D eigenvalue weighted by Crippen LogP contribution is 2.26. The lowest BCUT2D eigenvalue weighted by atomic mass is 10.1. The van der Waals surface area contributed by atoms with Crippen LogP contribution >= 0.6 is 11.3 Å². The largest absolute Gasteiger partial charge is 0.308 e. The Kier molecular flexibility index (Phi) is 3.79. The van der Waals surface area contributed by atoms with Gasteiger partial charge in [-0.1, -0.05) is 24.3 Å². The van der Waals surface area contributed by atoms with Gasteiger partial charge in [0.25, 0.3) is 0 Å². The van der Waals surface area contributed by atoms with Crippen molar-refractivity contribution in [1.29, 1.82) is 0 Å². The predicted octanol–water partition coefficient (Wildman–Crippen LogP) is 3.92. The number of nitrogens with one attached hydrogen (secondary N) is 2. The second-order valence-corrected chi connectivity index (χ2v) is 6.76. The van der Waals surface area contributed by atoms with Gasteiger partial charge in [-0.05, 0) is 47.4 Å². The summed E-state index contributed by atoms with van der Waals surface area (Å²) < 4.78 is 0. The first-order valence-electron chi connectivity index (χ1n) is 7.78. The number of hydrogen-bond donors (Lipinski definition) is 2. The van der Waals surface area contributed by atoms with Gasteiger partial charge in [0.2, 0.25) is 0 Å². The van der Waals surface area contributed by atoms with Crippen LogP contribution in [0.3, 0.4) is 0 Å². The van der Waals surface area contributed by atoms with Crippen molar-refractivity contribution in [3.8, 4) is 10.6 Å². The first kappa shape index (κ1) is 13.7. The van der Waals surface area contributed by atoms with Crippen molar-refractivity contribution in [1.82, 2.24) is 15.5 Å².